The van der Waals surface area contributed by atoms with E-state index in [-0.39, 0.29) is 0 Å². The first-order valence-electron chi connectivity index (χ1n) is 41.6. The molecule has 0 heterocycles. The van der Waals surface area contributed by atoms with E-state index in [0.717, 1.165) is 136 Å². The van der Waals surface area contributed by atoms with Crippen molar-refractivity contribution in [3.63, 3.8) is 0 Å². The summed E-state index contributed by atoms with van der Waals surface area (Å²) in [4.78, 5) is 9.23. The van der Waals surface area contributed by atoms with Crippen LogP contribution in [0, 0.1) is 0 Å². The van der Waals surface area contributed by atoms with Crippen molar-refractivity contribution in [3.05, 3.63) is 289 Å². The third-order valence-electron chi connectivity index (χ3n) is 21.2. The zero-order chi connectivity index (χ0) is 83.5. The molecule has 1 spiro atoms. The first kappa shape index (κ1) is 85.3. The summed E-state index contributed by atoms with van der Waals surface area (Å²) in [5.41, 5.74) is 18.3. The molecule has 20 nitrogen and oxygen atoms in total. The molecule has 0 radical (unpaired) electrons. The van der Waals surface area contributed by atoms with Gasteiger partial charge in [-0.2, -0.15) is 0 Å². The van der Waals surface area contributed by atoms with E-state index in [1.807, 2.05) is 125 Å². The van der Waals surface area contributed by atoms with E-state index in [1.54, 1.807) is 28.4 Å². The number of anilines is 12. The van der Waals surface area contributed by atoms with Gasteiger partial charge >= 0.3 is 0 Å². The summed E-state index contributed by atoms with van der Waals surface area (Å²) in [6, 6.07) is 93.9. The second kappa shape index (κ2) is 42.7. The lowest BCUT2D eigenvalue weighted by molar-refractivity contribution is 0.0405. The Labute approximate surface area is 710 Å². The van der Waals surface area contributed by atoms with Crippen LogP contribution in [0.3, 0.4) is 0 Å². The van der Waals surface area contributed by atoms with Crippen LogP contribution in [-0.2, 0) is 43.3 Å². The minimum atomic E-state index is -1.11. The van der Waals surface area contributed by atoms with E-state index >= 15 is 0 Å². The summed E-state index contributed by atoms with van der Waals surface area (Å²) in [5, 5.41) is 0. The van der Waals surface area contributed by atoms with Gasteiger partial charge in [0.05, 0.1) is 113 Å². The molecule has 14 rings (SSSR count). The van der Waals surface area contributed by atoms with Gasteiger partial charge in [0, 0.05) is 94.7 Å². The largest absolute Gasteiger partial charge is 0.497 e. The van der Waals surface area contributed by atoms with Gasteiger partial charge in [-0.3, -0.25) is 0 Å². The third-order valence-corrected chi connectivity index (χ3v) is 21.2. The Hall–Kier alpha value is -12.1. The molecule has 0 saturated heterocycles. The van der Waals surface area contributed by atoms with Crippen molar-refractivity contribution in [2.75, 3.05) is 180 Å². The maximum absolute atomic E-state index is 6.34. The number of hydrogen-bond acceptors (Lipinski definition) is 20. The lowest BCUT2D eigenvalue weighted by atomic mass is 9.70. The smallest absolute Gasteiger partial charge is 0.119 e. The molecule has 0 unspecified atom stereocenters. The average Bonchev–Trinajstić information content (AvgIpc) is 1.50. The number of rotatable bonds is 48. The SMILES string of the molecule is CCOCCOCCOc1ccc(N(c2ccc(OC)cc2)c2ccc3c(c2)C2(c4cc(N(c5ccc(OC)cc5)c5ccc(OCCOCCOCC)cc5)ccc4-3)c3cc(N(c4ccc(OC)cc4)c4ccc(OCCOCCOCC)cc4)ccc3-c3ccc(N(c4ccc(OC)cc4)c4ccc(OCCOCCOCC)cc4)cc32)cc1. The highest BCUT2D eigenvalue weighted by atomic mass is 16.6. The number of benzene rings is 12. The van der Waals surface area contributed by atoms with Gasteiger partial charge in [0.2, 0.25) is 0 Å². The van der Waals surface area contributed by atoms with Gasteiger partial charge in [0.1, 0.15) is 72.4 Å². The Morgan fingerprint density at radius 2 is 0.339 bits per heavy atom. The Kier molecular flexibility index (Phi) is 30.1. The molecule has 12 aromatic rings. The van der Waals surface area contributed by atoms with Gasteiger partial charge in [-0.15, -0.1) is 0 Å². The summed E-state index contributed by atoms with van der Waals surface area (Å²) in [7, 11) is 6.77. The fraction of sp³-hybridized carbons (Fsp3) is 0.287. The molecule has 0 atom stereocenters. The predicted octanol–water partition coefficient (Wildman–Crippen LogP) is 21.7. The van der Waals surface area contributed by atoms with Crippen molar-refractivity contribution in [1.29, 1.82) is 0 Å². The molecule has 628 valence electrons. The molecular weight excluding hydrogens is 1530 g/mol. The molecule has 2 aliphatic rings. The molecule has 0 bridgehead atoms. The van der Waals surface area contributed by atoms with E-state index in [2.05, 4.69) is 189 Å². The van der Waals surface area contributed by atoms with Crippen molar-refractivity contribution >= 4 is 68.2 Å². The zero-order valence-corrected chi connectivity index (χ0v) is 70.4. The first-order valence-corrected chi connectivity index (χ1v) is 41.6. The fourth-order valence-electron chi connectivity index (χ4n) is 15.5. The highest BCUT2D eigenvalue weighted by Gasteiger charge is 2.53. The minimum absolute atomic E-state index is 0.373. The van der Waals surface area contributed by atoms with Crippen LogP contribution in [0.2, 0.25) is 0 Å². The minimum Gasteiger partial charge on any atom is -0.497 e. The Balaban J connectivity index is 0.994. The van der Waals surface area contributed by atoms with Gasteiger partial charge < -0.3 is 95.4 Å². The fourth-order valence-corrected chi connectivity index (χ4v) is 15.5. The number of fused-ring (bicyclic) bond motifs is 10. The molecule has 2 aliphatic carbocycles. The third kappa shape index (κ3) is 20.3. The topological polar surface area (TPSA) is 161 Å². The lowest BCUT2D eigenvalue weighted by Crippen LogP contribution is -2.27. The quantitative estimate of drug-likeness (QED) is 0.0331. The van der Waals surface area contributed by atoms with Crippen molar-refractivity contribution in [1.82, 2.24) is 0 Å². The summed E-state index contributed by atoms with van der Waals surface area (Å²) >= 11 is 0. The molecular formula is C101H108N4O16. The van der Waals surface area contributed by atoms with Crippen molar-refractivity contribution in [2.24, 2.45) is 0 Å². The number of hydrogen-bond donors (Lipinski definition) is 0. The Bertz CT molecular complexity index is 4560. The van der Waals surface area contributed by atoms with Crippen LogP contribution in [0.4, 0.5) is 68.2 Å². The molecule has 0 aliphatic heterocycles. The van der Waals surface area contributed by atoms with Crippen molar-refractivity contribution < 1.29 is 75.8 Å². The van der Waals surface area contributed by atoms with Crippen LogP contribution in [0.15, 0.2) is 267 Å². The Morgan fingerprint density at radius 3 is 0.512 bits per heavy atom. The van der Waals surface area contributed by atoms with E-state index in [1.165, 1.54) is 0 Å². The molecule has 0 N–H and O–H groups in total. The van der Waals surface area contributed by atoms with Crippen molar-refractivity contribution in [2.45, 2.75) is 33.1 Å². The predicted molar refractivity (Wildman–Crippen MR) is 479 cm³/mol. The first-order chi connectivity index (χ1) is 59.7. The number of nitrogens with zero attached hydrogens (tertiary/aromatic N) is 4. The van der Waals surface area contributed by atoms with E-state index in [4.69, 9.17) is 75.8 Å². The van der Waals surface area contributed by atoms with Gasteiger partial charge in [-0.25, -0.2) is 0 Å². The second-order valence-electron chi connectivity index (χ2n) is 28.4. The van der Waals surface area contributed by atoms with E-state index < -0.39 is 5.41 Å². The zero-order valence-electron chi connectivity index (χ0n) is 70.4. The van der Waals surface area contributed by atoms with Crippen LogP contribution >= 0.6 is 0 Å². The average molecular weight is 1630 g/mol. The van der Waals surface area contributed by atoms with Gasteiger partial charge in [0.15, 0.2) is 0 Å². The molecule has 121 heavy (non-hydrogen) atoms. The van der Waals surface area contributed by atoms with Gasteiger partial charge in [0.25, 0.3) is 0 Å². The lowest BCUT2D eigenvalue weighted by Gasteiger charge is -2.35. The van der Waals surface area contributed by atoms with E-state index in [0.29, 0.717) is 155 Å². The molecule has 0 amide bonds. The normalized spacial score (nSPS) is 12.0. The molecule has 20 heteroatoms. The standard InChI is InChI=1S/C101H108N4O16/c1-9-110-53-57-114-61-65-118-89-41-21-77(22-42-89)102(73-13-33-85(106-5)34-14-73)81-29-49-93-94-50-30-82(103(74-15-35-86(107-6)36-16-74)78-23-43-90(44-24-78)119-66-62-115-58-54-111-10-2)70-98(94)101(97(93)69-81)99-71-83(104(75-17-37-87(108-7)38-18-75)79-25-45-91(46-26-79)120-67-63-116-59-55-112-11-3)31-51-95(99)96-52-32-84(72-100(96)101)105(76-19-39-88(109-8)40-20-76)80-27-47-92(48-28-80)121-68-64-117-60-56-113-12-4/h13-52,69-72H,9-12,53-68H2,1-8H3. The van der Waals surface area contributed by atoms with Crippen LogP contribution in [-0.4, -0.2) is 161 Å². The molecule has 0 fully saturated rings. The molecule has 0 saturated carbocycles. The van der Waals surface area contributed by atoms with Crippen LogP contribution in [0.5, 0.6) is 46.0 Å². The summed E-state index contributed by atoms with van der Waals surface area (Å²) in [6.45, 7) is 17.7. The summed E-state index contributed by atoms with van der Waals surface area (Å²) < 4.78 is 94.2. The second-order valence-corrected chi connectivity index (χ2v) is 28.4. The monoisotopic (exact) mass is 1630 g/mol. The highest BCUT2D eigenvalue weighted by Crippen LogP contribution is 2.66. The van der Waals surface area contributed by atoms with Crippen LogP contribution < -0.4 is 57.5 Å². The van der Waals surface area contributed by atoms with Crippen LogP contribution in [0.25, 0.3) is 22.3 Å². The Morgan fingerprint density at radius 1 is 0.182 bits per heavy atom. The van der Waals surface area contributed by atoms with Gasteiger partial charge in [-0.1, -0.05) is 24.3 Å². The van der Waals surface area contributed by atoms with E-state index in [9.17, 15) is 0 Å². The molecule has 12 aromatic carbocycles. The van der Waals surface area contributed by atoms with Crippen molar-refractivity contribution in [3.8, 4) is 68.2 Å². The summed E-state index contributed by atoms with van der Waals surface area (Å²) in [6.07, 6.45) is 0. The van der Waals surface area contributed by atoms with Gasteiger partial charge in [-0.05, 0) is 315 Å². The number of methoxy groups -OCH3 is 4. The highest BCUT2D eigenvalue weighted by molar-refractivity contribution is 6.00. The number of ether oxygens (including phenoxy) is 16. The van der Waals surface area contributed by atoms with Crippen LogP contribution in [0.1, 0.15) is 49.9 Å². The molecule has 0 aromatic heterocycles. The maximum atomic E-state index is 6.34. The summed E-state index contributed by atoms with van der Waals surface area (Å²) in [5.74, 6) is 5.78. The maximum Gasteiger partial charge on any atom is 0.119 e.